The van der Waals surface area contributed by atoms with Crippen molar-refractivity contribution < 1.29 is 9.59 Å². The Labute approximate surface area is 135 Å². The SMILES string of the molecule is CCCC(=O)c1ccc(SC(C)C(=O)c2ccccc2)cc1. The Kier molecular flexibility index (Phi) is 5.96. The van der Waals surface area contributed by atoms with E-state index in [1.54, 1.807) is 0 Å². The first kappa shape index (κ1) is 16.5. The standard InChI is InChI=1S/C19H20O2S/c1-3-7-18(20)15-10-12-17(13-11-15)22-14(2)19(21)16-8-5-4-6-9-16/h4-6,8-14H,3,7H2,1-2H3. The predicted octanol–water partition coefficient (Wildman–Crippen LogP) is 5.03. The van der Waals surface area contributed by atoms with E-state index in [-0.39, 0.29) is 16.8 Å². The van der Waals surface area contributed by atoms with E-state index in [4.69, 9.17) is 0 Å². The van der Waals surface area contributed by atoms with Crippen LogP contribution in [0.3, 0.4) is 0 Å². The molecule has 22 heavy (non-hydrogen) atoms. The van der Waals surface area contributed by atoms with E-state index < -0.39 is 0 Å². The molecule has 0 aliphatic heterocycles. The van der Waals surface area contributed by atoms with E-state index in [2.05, 4.69) is 0 Å². The van der Waals surface area contributed by atoms with Crippen LogP contribution >= 0.6 is 11.8 Å². The van der Waals surface area contributed by atoms with Crippen LogP contribution in [0, 0.1) is 0 Å². The molecule has 0 saturated heterocycles. The van der Waals surface area contributed by atoms with E-state index in [1.165, 1.54) is 11.8 Å². The third-order valence-electron chi connectivity index (χ3n) is 3.39. The maximum absolute atomic E-state index is 12.3. The molecule has 114 valence electrons. The Balaban J connectivity index is 2.01. The van der Waals surface area contributed by atoms with E-state index in [1.807, 2.05) is 68.4 Å². The minimum atomic E-state index is -0.153. The van der Waals surface area contributed by atoms with E-state index >= 15 is 0 Å². The number of thioether (sulfide) groups is 1. The Hall–Kier alpha value is -1.87. The second kappa shape index (κ2) is 7.95. The Morgan fingerprint density at radius 3 is 2.18 bits per heavy atom. The summed E-state index contributed by atoms with van der Waals surface area (Å²) in [6.07, 6.45) is 1.44. The number of rotatable bonds is 7. The van der Waals surface area contributed by atoms with Gasteiger partial charge < -0.3 is 0 Å². The van der Waals surface area contributed by atoms with Crippen LogP contribution in [-0.4, -0.2) is 16.8 Å². The fourth-order valence-electron chi connectivity index (χ4n) is 2.19. The summed E-state index contributed by atoms with van der Waals surface area (Å²) in [6, 6.07) is 16.9. The minimum absolute atomic E-state index is 0.122. The number of hydrogen-bond donors (Lipinski definition) is 0. The number of Topliss-reactive ketones (excluding diaryl/α,β-unsaturated/α-hetero) is 2. The lowest BCUT2D eigenvalue weighted by molar-refractivity contribution is 0.0977. The van der Waals surface area contributed by atoms with Gasteiger partial charge in [-0.05, 0) is 25.5 Å². The zero-order valence-corrected chi connectivity index (χ0v) is 13.7. The second-order valence-electron chi connectivity index (χ2n) is 5.19. The molecular formula is C19H20O2S. The van der Waals surface area contributed by atoms with Gasteiger partial charge in [0.1, 0.15) is 0 Å². The zero-order chi connectivity index (χ0) is 15.9. The maximum atomic E-state index is 12.3. The molecule has 0 saturated carbocycles. The van der Waals surface area contributed by atoms with Crippen LogP contribution in [0.25, 0.3) is 0 Å². The lowest BCUT2D eigenvalue weighted by atomic mass is 10.1. The third kappa shape index (κ3) is 4.31. The normalized spacial score (nSPS) is 11.9. The molecular weight excluding hydrogens is 292 g/mol. The van der Waals surface area contributed by atoms with Crippen molar-refractivity contribution in [2.45, 2.75) is 36.8 Å². The molecule has 0 heterocycles. The predicted molar refractivity (Wildman–Crippen MR) is 91.8 cm³/mol. The second-order valence-corrected chi connectivity index (χ2v) is 6.60. The average molecular weight is 312 g/mol. The third-order valence-corrected chi connectivity index (χ3v) is 4.51. The average Bonchev–Trinajstić information content (AvgIpc) is 2.55. The van der Waals surface area contributed by atoms with E-state index in [9.17, 15) is 9.59 Å². The van der Waals surface area contributed by atoms with Gasteiger partial charge in [-0.2, -0.15) is 0 Å². The highest BCUT2D eigenvalue weighted by Gasteiger charge is 2.16. The van der Waals surface area contributed by atoms with Crippen molar-refractivity contribution >= 4 is 23.3 Å². The smallest absolute Gasteiger partial charge is 0.175 e. The van der Waals surface area contributed by atoms with Gasteiger partial charge in [0, 0.05) is 22.4 Å². The summed E-state index contributed by atoms with van der Waals surface area (Å²) in [4.78, 5) is 25.1. The Bertz CT molecular complexity index is 632. The fourth-order valence-corrected chi connectivity index (χ4v) is 3.13. The minimum Gasteiger partial charge on any atom is -0.294 e. The molecule has 0 amide bonds. The van der Waals surface area contributed by atoms with Gasteiger partial charge in [0.05, 0.1) is 5.25 Å². The molecule has 1 unspecified atom stereocenters. The van der Waals surface area contributed by atoms with Crippen molar-refractivity contribution in [2.75, 3.05) is 0 Å². The highest BCUT2D eigenvalue weighted by Crippen LogP contribution is 2.26. The molecule has 3 heteroatoms. The number of carbonyl (C=O) groups excluding carboxylic acids is 2. The lowest BCUT2D eigenvalue weighted by Crippen LogP contribution is -2.13. The largest absolute Gasteiger partial charge is 0.294 e. The van der Waals surface area contributed by atoms with E-state index in [0.717, 1.165) is 22.4 Å². The van der Waals surface area contributed by atoms with Crippen LogP contribution in [0.5, 0.6) is 0 Å². The summed E-state index contributed by atoms with van der Waals surface area (Å²) in [5.74, 6) is 0.296. The summed E-state index contributed by atoms with van der Waals surface area (Å²) in [6.45, 7) is 3.91. The van der Waals surface area contributed by atoms with Crippen LogP contribution in [-0.2, 0) is 0 Å². The molecule has 0 aliphatic carbocycles. The van der Waals surface area contributed by atoms with E-state index in [0.29, 0.717) is 6.42 Å². The van der Waals surface area contributed by atoms with Gasteiger partial charge in [0.2, 0.25) is 0 Å². The first-order chi connectivity index (χ1) is 10.6. The quantitative estimate of drug-likeness (QED) is 0.531. The molecule has 0 radical (unpaired) electrons. The zero-order valence-electron chi connectivity index (χ0n) is 12.9. The summed E-state index contributed by atoms with van der Waals surface area (Å²) in [5.41, 5.74) is 1.48. The van der Waals surface area contributed by atoms with Crippen LogP contribution in [0.4, 0.5) is 0 Å². The molecule has 0 spiro atoms. The lowest BCUT2D eigenvalue weighted by Gasteiger charge is -2.10. The van der Waals surface area contributed by atoms with Crippen LogP contribution in [0.15, 0.2) is 59.5 Å². The number of hydrogen-bond acceptors (Lipinski definition) is 3. The molecule has 2 aromatic rings. The van der Waals surface area contributed by atoms with Gasteiger partial charge in [-0.25, -0.2) is 0 Å². The summed E-state index contributed by atoms with van der Waals surface area (Å²) < 4.78 is 0. The van der Waals surface area contributed by atoms with Gasteiger partial charge in [-0.1, -0.05) is 49.4 Å². The molecule has 0 fully saturated rings. The Morgan fingerprint density at radius 2 is 1.59 bits per heavy atom. The van der Waals surface area contributed by atoms with Crippen LogP contribution in [0.1, 0.15) is 47.4 Å². The molecule has 1 atom stereocenters. The Morgan fingerprint density at radius 1 is 0.955 bits per heavy atom. The van der Waals surface area contributed by atoms with Crippen molar-refractivity contribution in [3.05, 3.63) is 65.7 Å². The van der Waals surface area contributed by atoms with Crippen molar-refractivity contribution in [2.24, 2.45) is 0 Å². The fraction of sp³-hybridized carbons (Fsp3) is 0.263. The summed E-state index contributed by atoms with van der Waals surface area (Å²) in [5, 5.41) is -0.153. The molecule has 0 aromatic heterocycles. The monoisotopic (exact) mass is 312 g/mol. The molecule has 2 aromatic carbocycles. The van der Waals surface area contributed by atoms with Crippen LogP contribution in [0.2, 0.25) is 0 Å². The molecule has 0 N–H and O–H groups in total. The van der Waals surface area contributed by atoms with Gasteiger partial charge >= 0.3 is 0 Å². The molecule has 0 bridgehead atoms. The van der Waals surface area contributed by atoms with Gasteiger partial charge in [-0.15, -0.1) is 11.8 Å². The van der Waals surface area contributed by atoms with Crippen molar-refractivity contribution in [1.82, 2.24) is 0 Å². The summed E-state index contributed by atoms with van der Waals surface area (Å²) >= 11 is 1.52. The highest BCUT2D eigenvalue weighted by atomic mass is 32.2. The molecule has 0 aliphatic rings. The van der Waals surface area contributed by atoms with Gasteiger partial charge in [0.25, 0.3) is 0 Å². The maximum Gasteiger partial charge on any atom is 0.175 e. The van der Waals surface area contributed by atoms with Gasteiger partial charge in [0.15, 0.2) is 11.6 Å². The van der Waals surface area contributed by atoms with Crippen molar-refractivity contribution in [3.63, 3.8) is 0 Å². The molecule has 2 nitrogen and oxygen atoms in total. The summed E-state index contributed by atoms with van der Waals surface area (Å²) in [7, 11) is 0. The number of benzene rings is 2. The van der Waals surface area contributed by atoms with Crippen molar-refractivity contribution in [1.29, 1.82) is 0 Å². The highest BCUT2D eigenvalue weighted by molar-refractivity contribution is 8.00. The van der Waals surface area contributed by atoms with Crippen molar-refractivity contribution in [3.8, 4) is 0 Å². The van der Waals surface area contributed by atoms with Gasteiger partial charge in [-0.3, -0.25) is 9.59 Å². The first-order valence-corrected chi connectivity index (χ1v) is 8.39. The number of carbonyl (C=O) groups is 2. The topological polar surface area (TPSA) is 34.1 Å². The van der Waals surface area contributed by atoms with Crippen LogP contribution < -0.4 is 0 Å². The number of ketones is 2. The molecule has 2 rings (SSSR count). The first-order valence-electron chi connectivity index (χ1n) is 7.51.